The molecule has 5 heteroatoms. The minimum atomic E-state index is -0.799. The summed E-state index contributed by atoms with van der Waals surface area (Å²) >= 11 is 0. The fourth-order valence-electron chi connectivity index (χ4n) is 4.65. The number of hydrogen-bond donors (Lipinski definition) is 0. The van der Waals surface area contributed by atoms with Crippen LogP contribution >= 0.6 is 0 Å². The highest BCUT2D eigenvalue weighted by molar-refractivity contribution is 6.00. The molecule has 4 rings (SSSR count). The zero-order valence-electron chi connectivity index (χ0n) is 13.5. The Morgan fingerprint density at radius 2 is 2.00 bits per heavy atom. The molecule has 24 heavy (non-hydrogen) atoms. The lowest BCUT2D eigenvalue weighted by Crippen LogP contribution is -2.37. The molecule has 1 heterocycles. The molecule has 0 unspecified atom stereocenters. The molecule has 1 saturated heterocycles. The summed E-state index contributed by atoms with van der Waals surface area (Å²) < 4.78 is 10.9. The van der Waals surface area contributed by atoms with Crippen LogP contribution in [0.3, 0.4) is 0 Å². The number of benzene rings is 1. The summed E-state index contributed by atoms with van der Waals surface area (Å²) in [6.07, 6.45) is 1.20. The van der Waals surface area contributed by atoms with Crippen molar-refractivity contribution >= 4 is 17.7 Å². The van der Waals surface area contributed by atoms with E-state index in [4.69, 9.17) is 9.47 Å². The van der Waals surface area contributed by atoms with E-state index in [1.54, 1.807) is 24.3 Å². The first-order valence-corrected chi connectivity index (χ1v) is 8.60. The summed E-state index contributed by atoms with van der Waals surface area (Å²) in [6, 6.07) is 8.84. The van der Waals surface area contributed by atoms with Gasteiger partial charge in [-0.25, -0.2) is 0 Å². The maximum atomic E-state index is 12.7. The molecule has 126 valence electrons. The Morgan fingerprint density at radius 3 is 2.71 bits per heavy atom. The SMILES string of the molecule is CC[C@@H](OC(=O)[C@@H]1[C@@H]2C[C@H]3[C@@H]1C(=O)O[C@@H]3C2)C(=O)c1ccccc1. The van der Waals surface area contributed by atoms with Gasteiger partial charge in [-0.1, -0.05) is 37.3 Å². The highest BCUT2D eigenvalue weighted by Gasteiger charge is 2.64. The topological polar surface area (TPSA) is 69.7 Å². The summed E-state index contributed by atoms with van der Waals surface area (Å²) in [4.78, 5) is 37.3. The van der Waals surface area contributed by atoms with Gasteiger partial charge in [-0.3, -0.25) is 14.4 Å². The fourth-order valence-corrected chi connectivity index (χ4v) is 4.65. The van der Waals surface area contributed by atoms with Crippen molar-refractivity contribution in [2.45, 2.75) is 38.4 Å². The van der Waals surface area contributed by atoms with Gasteiger partial charge >= 0.3 is 11.9 Å². The number of hydrogen-bond acceptors (Lipinski definition) is 5. The van der Waals surface area contributed by atoms with Gasteiger partial charge in [0.15, 0.2) is 6.10 Å². The van der Waals surface area contributed by atoms with Gasteiger partial charge in [-0.15, -0.1) is 0 Å². The van der Waals surface area contributed by atoms with E-state index in [0.717, 1.165) is 12.8 Å². The van der Waals surface area contributed by atoms with Crippen molar-refractivity contribution in [3.05, 3.63) is 35.9 Å². The number of esters is 2. The Hall–Kier alpha value is -2.17. The third-order valence-corrected chi connectivity index (χ3v) is 5.74. The van der Waals surface area contributed by atoms with Crippen LogP contribution in [0.1, 0.15) is 36.5 Å². The van der Waals surface area contributed by atoms with Gasteiger partial charge in [0.2, 0.25) is 5.78 Å². The zero-order valence-corrected chi connectivity index (χ0v) is 13.5. The second kappa shape index (κ2) is 5.72. The maximum absolute atomic E-state index is 12.7. The van der Waals surface area contributed by atoms with Crippen LogP contribution in [-0.2, 0) is 19.1 Å². The largest absolute Gasteiger partial charge is 0.462 e. The third-order valence-electron chi connectivity index (χ3n) is 5.74. The fraction of sp³-hybridized carbons (Fsp3) is 0.526. The summed E-state index contributed by atoms with van der Waals surface area (Å²) in [5.74, 6) is -1.39. The van der Waals surface area contributed by atoms with Gasteiger partial charge in [0, 0.05) is 11.5 Å². The molecular formula is C19H20O5. The first kappa shape index (κ1) is 15.4. The van der Waals surface area contributed by atoms with Gasteiger partial charge in [0.1, 0.15) is 6.10 Å². The van der Waals surface area contributed by atoms with Gasteiger partial charge < -0.3 is 9.47 Å². The quantitative estimate of drug-likeness (QED) is 0.613. The van der Waals surface area contributed by atoms with E-state index in [-0.39, 0.29) is 35.6 Å². The highest BCUT2D eigenvalue weighted by atomic mass is 16.6. The molecule has 0 aromatic heterocycles. The van der Waals surface area contributed by atoms with Crippen molar-refractivity contribution in [2.75, 3.05) is 0 Å². The number of Topliss-reactive ketones (excluding diaryl/α,β-unsaturated/α-hetero) is 1. The van der Waals surface area contributed by atoms with Crippen LogP contribution in [0.4, 0.5) is 0 Å². The number of ketones is 1. The molecule has 0 amide bonds. The van der Waals surface area contributed by atoms with E-state index in [2.05, 4.69) is 0 Å². The molecule has 3 aliphatic rings. The molecule has 1 aromatic rings. The lowest BCUT2D eigenvalue weighted by molar-refractivity contribution is -0.158. The van der Waals surface area contributed by atoms with E-state index in [9.17, 15) is 14.4 Å². The van der Waals surface area contributed by atoms with Gasteiger partial charge in [-0.2, -0.15) is 0 Å². The van der Waals surface area contributed by atoms with E-state index >= 15 is 0 Å². The Morgan fingerprint density at radius 1 is 1.25 bits per heavy atom. The number of rotatable bonds is 5. The molecule has 2 saturated carbocycles. The molecule has 0 radical (unpaired) electrons. The van der Waals surface area contributed by atoms with Crippen LogP contribution in [0.5, 0.6) is 0 Å². The Balaban J connectivity index is 1.49. The smallest absolute Gasteiger partial charge is 0.310 e. The molecular weight excluding hydrogens is 308 g/mol. The normalized spacial score (nSPS) is 34.0. The first-order chi connectivity index (χ1) is 11.6. The van der Waals surface area contributed by atoms with Crippen LogP contribution in [0, 0.1) is 23.7 Å². The van der Waals surface area contributed by atoms with Gasteiger partial charge in [0.25, 0.3) is 0 Å². The molecule has 5 nitrogen and oxygen atoms in total. The zero-order chi connectivity index (χ0) is 16.8. The predicted molar refractivity (Wildman–Crippen MR) is 84.0 cm³/mol. The monoisotopic (exact) mass is 328 g/mol. The second-order valence-electron chi connectivity index (χ2n) is 6.99. The summed E-state index contributed by atoms with van der Waals surface area (Å²) in [7, 11) is 0. The van der Waals surface area contributed by atoms with Gasteiger partial charge in [-0.05, 0) is 25.2 Å². The van der Waals surface area contributed by atoms with Crippen molar-refractivity contribution in [3.63, 3.8) is 0 Å². The molecule has 2 bridgehead atoms. The van der Waals surface area contributed by atoms with Crippen molar-refractivity contribution in [1.82, 2.24) is 0 Å². The minimum absolute atomic E-state index is 0.00975. The Labute approximate surface area is 140 Å². The van der Waals surface area contributed by atoms with E-state index in [1.807, 2.05) is 13.0 Å². The number of fused-ring (bicyclic) bond motifs is 1. The Bertz CT molecular complexity index is 680. The second-order valence-corrected chi connectivity index (χ2v) is 6.99. The maximum Gasteiger partial charge on any atom is 0.310 e. The first-order valence-electron chi connectivity index (χ1n) is 8.60. The number of ether oxygens (including phenoxy) is 2. The predicted octanol–water partition coefficient (Wildman–Crippen LogP) is 2.39. The lowest BCUT2D eigenvalue weighted by Gasteiger charge is -2.25. The lowest BCUT2D eigenvalue weighted by atomic mass is 9.80. The van der Waals surface area contributed by atoms with Crippen molar-refractivity contribution in [3.8, 4) is 0 Å². The van der Waals surface area contributed by atoms with E-state index in [1.165, 1.54) is 0 Å². The Kier molecular flexibility index (Phi) is 3.66. The highest BCUT2D eigenvalue weighted by Crippen LogP contribution is 2.58. The molecule has 0 N–H and O–H groups in total. The number of carbonyl (C=O) groups is 3. The van der Waals surface area contributed by atoms with Crippen molar-refractivity contribution < 1.29 is 23.9 Å². The molecule has 3 fully saturated rings. The molecule has 1 aromatic carbocycles. The van der Waals surface area contributed by atoms with Crippen molar-refractivity contribution in [2.24, 2.45) is 23.7 Å². The van der Waals surface area contributed by atoms with E-state index < -0.39 is 18.0 Å². The average Bonchev–Trinajstić information content (AvgIpc) is 3.21. The average molecular weight is 328 g/mol. The van der Waals surface area contributed by atoms with Crippen molar-refractivity contribution in [1.29, 1.82) is 0 Å². The molecule has 6 atom stereocenters. The summed E-state index contributed by atoms with van der Waals surface area (Å²) in [5, 5.41) is 0. The van der Waals surface area contributed by atoms with E-state index in [0.29, 0.717) is 12.0 Å². The standard InChI is InChI=1S/C19H20O5/c1-2-13(17(20)10-6-4-3-5-7-10)23-18(21)15-11-8-12-14(9-11)24-19(22)16(12)15/h3-7,11-16H,2,8-9H2,1H3/t11-,12-,13-,14-,15-,16+/m1/s1. The van der Waals surface area contributed by atoms with Crippen LogP contribution in [0.25, 0.3) is 0 Å². The number of carbonyl (C=O) groups excluding carboxylic acids is 3. The van der Waals surface area contributed by atoms with Gasteiger partial charge in [0.05, 0.1) is 11.8 Å². The minimum Gasteiger partial charge on any atom is -0.462 e. The molecule has 0 spiro atoms. The van der Waals surface area contributed by atoms with Crippen LogP contribution in [0.15, 0.2) is 30.3 Å². The van der Waals surface area contributed by atoms with Crippen LogP contribution < -0.4 is 0 Å². The molecule has 1 aliphatic heterocycles. The summed E-state index contributed by atoms with van der Waals surface area (Å²) in [6.45, 7) is 1.82. The third kappa shape index (κ3) is 2.26. The van der Waals surface area contributed by atoms with Crippen LogP contribution in [-0.4, -0.2) is 29.9 Å². The summed E-state index contributed by atoms with van der Waals surface area (Å²) in [5.41, 5.74) is 0.533. The van der Waals surface area contributed by atoms with Crippen LogP contribution in [0.2, 0.25) is 0 Å². The molecule has 2 aliphatic carbocycles.